The first-order valence-corrected chi connectivity index (χ1v) is 10.6. The average Bonchev–Trinajstić information content (AvgIpc) is 2.64. The van der Waals surface area contributed by atoms with E-state index in [1.54, 1.807) is 7.11 Å². The summed E-state index contributed by atoms with van der Waals surface area (Å²) in [4.78, 5) is 26.3. The van der Waals surface area contributed by atoms with Crippen molar-refractivity contribution in [2.24, 2.45) is 5.41 Å². The number of benzene rings is 1. The first kappa shape index (κ1) is 20.8. The van der Waals surface area contributed by atoms with E-state index in [1.807, 2.05) is 19.9 Å². The first-order chi connectivity index (χ1) is 13.3. The molecule has 1 aliphatic carbocycles. The van der Waals surface area contributed by atoms with Crippen LogP contribution in [-0.4, -0.2) is 42.5 Å². The number of carbonyl (C=O) groups excluding carboxylic acids is 2. The summed E-state index contributed by atoms with van der Waals surface area (Å²) < 4.78 is 5.55. The molecule has 1 saturated heterocycles. The highest BCUT2D eigenvalue weighted by molar-refractivity contribution is 5.98. The van der Waals surface area contributed by atoms with E-state index in [2.05, 4.69) is 24.4 Å². The molecule has 5 nitrogen and oxygen atoms in total. The molecule has 2 amide bonds. The van der Waals surface area contributed by atoms with Crippen molar-refractivity contribution in [3.63, 3.8) is 0 Å². The minimum absolute atomic E-state index is 0.0209. The van der Waals surface area contributed by atoms with Crippen molar-refractivity contribution in [3.8, 4) is 5.75 Å². The van der Waals surface area contributed by atoms with E-state index in [-0.39, 0.29) is 17.2 Å². The van der Waals surface area contributed by atoms with Crippen LogP contribution in [0.2, 0.25) is 0 Å². The number of hydrogen-bond acceptors (Lipinski definition) is 4. The molecule has 1 fully saturated rings. The van der Waals surface area contributed by atoms with Gasteiger partial charge in [0.05, 0.1) is 7.11 Å². The van der Waals surface area contributed by atoms with Crippen molar-refractivity contribution in [2.75, 3.05) is 13.7 Å². The van der Waals surface area contributed by atoms with Crippen LogP contribution < -0.4 is 10.1 Å². The number of imide groups is 1. The quantitative estimate of drug-likeness (QED) is 0.729. The summed E-state index contributed by atoms with van der Waals surface area (Å²) in [5, 5.41) is 3.78. The molecule has 0 bridgehead atoms. The molecule has 1 heterocycles. The summed E-state index contributed by atoms with van der Waals surface area (Å²) >= 11 is 0. The molecule has 0 radical (unpaired) electrons. The zero-order chi connectivity index (χ0) is 20.3. The number of aryl methyl sites for hydroxylation is 1. The minimum atomic E-state index is -0.207. The Bertz CT molecular complexity index is 694. The predicted octanol–water partition coefficient (Wildman–Crippen LogP) is 3.49. The number of hydrogen-bond donors (Lipinski definition) is 1. The molecule has 2 unspecified atom stereocenters. The summed E-state index contributed by atoms with van der Waals surface area (Å²) in [6.07, 6.45) is 5.84. The summed E-state index contributed by atoms with van der Waals surface area (Å²) in [6.45, 7) is 6.67. The van der Waals surface area contributed by atoms with Crippen LogP contribution >= 0.6 is 0 Å². The zero-order valence-electron chi connectivity index (χ0n) is 17.7. The fraction of sp³-hybridized carbons (Fsp3) is 0.652. The van der Waals surface area contributed by atoms with Gasteiger partial charge < -0.3 is 10.1 Å². The normalized spacial score (nSPS) is 22.7. The van der Waals surface area contributed by atoms with Crippen molar-refractivity contribution in [2.45, 2.75) is 77.8 Å². The fourth-order valence-electron chi connectivity index (χ4n) is 4.57. The van der Waals surface area contributed by atoms with Gasteiger partial charge in [-0.05, 0) is 54.7 Å². The number of piperidine rings is 1. The van der Waals surface area contributed by atoms with Crippen LogP contribution in [0, 0.1) is 5.41 Å². The molecule has 1 aromatic rings. The number of methoxy groups -OCH3 is 1. The number of fused-ring (bicyclic) bond motifs is 1. The van der Waals surface area contributed by atoms with Gasteiger partial charge in [-0.2, -0.15) is 0 Å². The average molecular weight is 387 g/mol. The van der Waals surface area contributed by atoms with Gasteiger partial charge in [-0.1, -0.05) is 32.9 Å². The van der Waals surface area contributed by atoms with E-state index in [0.29, 0.717) is 31.5 Å². The summed E-state index contributed by atoms with van der Waals surface area (Å²) in [5.74, 6) is 0.934. The highest BCUT2D eigenvalue weighted by atomic mass is 16.5. The summed E-state index contributed by atoms with van der Waals surface area (Å²) in [6, 6.07) is 7.00. The number of carbonyl (C=O) groups is 2. The van der Waals surface area contributed by atoms with E-state index in [0.717, 1.165) is 37.9 Å². The summed E-state index contributed by atoms with van der Waals surface area (Å²) in [5.41, 5.74) is 2.49. The van der Waals surface area contributed by atoms with Gasteiger partial charge in [0.1, 0.15) is 5.75 Å². The van der Waals surface area contributed by atoms with Gasteiger partial charge in [0.25, 0.3) is 0 Å². The highest BCUT2D eigenvalue weighted by Crippen LogP contribution is 2.32. The SMILES string of the molecule is CCC(CCN1C(=O)CC(C)(C)CC1=O)NC1CCc2cccc(OC)c2C1. The van der Waals surface area contributed by atoms with Crippen LogP contribution in [0.3, 0.4) is 0 Å². The van der Waals surface area contributed by atoms with Crippen molar-refractivity contribution in [1.82, 2.24) is 10.2 Å². The van der Waals surface area contributed by atoms with Crippen molar-refractivity contribution < 1.29 is 14.3 Å². The molecule has 1 N–H and O–H groups in total. The third-order valence-electron chi connectivity index (χ3n) is 6.19. The van der Waals surface area contributed by atoms with E-state index in [4.69, 9.17) is 4.74 Å². The van der Waals surface area contributed by atoms with Gasteiger partial charge in [-0.25, -0.2) is 0 Å². The van der Waals surface area contributed by atoms with Crippen molar-refractivity contribution in [3.05, 3.63) is 29.3 Å². The number of nitrogens with zero attached hydrogens (tertiary/aromatic N) is 1. The third kappa shape index (κ3) is 4.75. The van der Waals surface area contributed by atoms with E-state index in [1.165, 1.54) is 16.0 Å². The lowest BCUT2D eigenvalue weighted by molar-refractivity contribution is -0.152. The van der Waals surface area contributed by atoms with Crippen molar-refractivity contribution >= 4 is 11.8 Å². The number of amides is 2. The number of nitrogens with one attached hydrogen (secondary N) is 1. The maximum atomic E-state index is 12.4. The van der Waals surface area contributed by atoms with Crippen LogP contribution in [0.25, 0.3) is 0 Å². The largest absolute Gasteiger partial charge is 0.496 e. The predicted molar refractivity (Wildman–Crippen MR) is 110 cm³/mol. The zero-order valence-corrected chi connectivity index (χ0v) is 17.7. The highest BCUT2D eigenvalue weighted by Gasteiger charge is 2.37. The number of likely N-dealkylation sites (tertiary alicyclic amines) is 1. The second-order valence-electron chi connectivity index (χ2n) is 9.06. The number of rotatable bonds is 7. The van der Waals surface area contributed by atoms with Crippen LogP contribution in [-0.2, 0) is 22.4 Å². The topological polar surface area (TPSA) is 58.6 Å². The van der Waals surface area contributed by atoms with Gasteiger partial charge in [0.2, 0.25) is 11.8 Å². The smallest absolute Gasteiger partial charge is 0.229 e. The number of ether oxygens (including phenoxy) is 1. The Morgan fingerprint density at radius 1 is 1.25 bits per heavy atom. The van der Waals surface area contributed by atoms with E-state index in [9.17, 15) is 9.59 Å². The molecular weight excluding hydrogens is 352 g/mol. The molecular formula is C23H34N2O3. The van der Waals surface area contributed by atoms with Crippen LogP contribution in [0.15, 0.2) is 18.2 Å². The van der Waals surface area contributed by atoms with Crippen LogP contribution in [0.1, 0.15) is 64.0 Å². The molecule has 3 rings (SSSR count). The Morgan fingerprint density at radius 2 is 1.96 bits per heavy atom. The Hall–Kier alpha value is -1.88. The second-order valence-corrected chi connectivity index (χ2v) is 9.06. The molecule has 5 heteroatoms. The summed E-state index contributed by atoms with van der Waals surface area (Å²) in [7, 11) is 1.73. The molecule has 28 heavy (non-hydrogen) atoms. The monoisotopic (exact) mass is 386 g/mol. The molecule has 0 saturated carbocycles. The third-order valence-corrected chi connectivity index (χ3v) is 6.19. The van der Waals surface area contributed by atoms with Crippen LogP contribution in [0.4, 0.5) is 0 Å². The van der Waals surface area contributed by atoms with E-state index < -0.39 is 0 Å². The Morgan fingerprint density at radius 3 is 2.61 bits per heavy atom. The van der Waals surface area contributed by atoms with Gasteiger partial charge in [0.15, 0.2) is 0 Å². The van der Waals surface area contributed by atoms with Crippen LogP contribution in [0.5, 0.6) is 5.75 Å². The molecule has 2 aliphatic rings. The minimum Gasteiger partial charge on any atom is -0.496 e. The van der Waals surface area contributed by atoms with Gasteiger partial charge >= 0.3 is 0 Å². The molecule has 1 aliphatic heterocycles. The lowest BCUT2D eigenvalue weighted by Gasteiger charge is -2.36. The lowest BCUT2D eigenvalue weighted by atomic mass is 9.81. The second kappa shape index (κ2) is 8.64. The molecule has 154 valence electrons. The molecule has 0 spiro atoms. The van der Waals surface area contributed by atoms with E-state index >= 15 is 0 Å². The maximum Gasteiger partial charge on any atom is 0.229 e. The van der Waals surface area contributed by atoms with Gasteiger partial charge in [-0.3, -0.25) is 14.5 Å². The molecule has 1 aromatic carbocycles. The van der Waals surface area contributed by atoms with Gasteiger partial charge in [0, 0.05) is 31.5 Å². The Labute approximate surface area is 168 Å². The molecule has 0 aromatic heterocycles. The van der Waals surface area contributed by atoms with Crippen molar-refractivity contribution in [1.29, 1.82) is 0 Å². The lowest BCUT2D eigenvalue weighted by Crippen LogP contribution is -2.48. The fourth-order valence-corrected chi connectivity index (χ4v) is 4.57. The standard InChI is InChI=1S/C23H34N2O3/c1-5-17(11-12-25-21(26)14-23(2,3)15-22(25)27)24-18-10-9-16-7-6-8-20(28-4)19(16)13-18/h6-8,17-18,24H,5,9-15H2,1-4H3. The Balaban J connectivity index is 1.57. The molecule has 2 atom stereocenters. The first-order valence-electron chi connectivity index (χ1n) is 10.6. The maximum absolute atomic E-state index is 12.4. The van der Waals surface area contributed by atoms with Gasteiger partial charge in [-0.15, -0.1) is 0 Å². The Kier molecular flexibility index (Phi) is 6.43.